The van der Waals surface area contributed by atoms with Gasteiger partial charge in [0.25, 0.3) is 5.97 Å². The van der Waals surface area contributed by atoms with Gasteiger partial charge in [0, 0.05) is 6.92 Å². The number of carboxylic acid groups (broad SMARTS) is 1. The zero-order chi connectivity index (χ0) is 12.8. The summed E-state index contributed by atoms with van der Waals surface area (Å²) in [5.74, 6) is -0.833. The molecule has 0 aliphatic heterocycles. The van der Waals surface area contributed by atoms with E-state index in [-0.39, 0.29) is 6.10 Å². The zero-order valence-corrected chi connectivity index (χ0v) is 10.8. The highest BCUT2D eigenvalue weighted by Gasteiger charge is 1.97. The number of carboxylic acids is 1. The van der Waals surface area contributed by atoms with Crippen molar-refractivity contribution in [2.24, 2.45) is 0 Å². The number of allylic oxidation sites excluding steroid dienone is 1. The standard InChI is InChI=1S/C11H22O.C2H4O2/c1-3-5-7-8-10-11(12)9-6-4-2;1-2(3)4/h6,9,11-12H,3-5,7-8,10H2,1-2H3;1H3,(H,3,4). The molecule has 16 heavy (non-hydrogen) atoms. The van der Waals surface area contributed by atoms with Crippen molar-refractivity contribution < 1.29 is 15.0 Å². The summed E-state index contributed by atoms with van der Waals surface area (Å²) in [5.41, 5.74) is 0. The molecular formula is C13H26O3. The molecular weight excluding hydrogens is 204 g/mol. The van der Waals surface area contributed by atoms with Crippen LogP contribution in [0.25, 0.3) is 0 Å². The minimum atomic E-state index is -0.833. The number of aliphatic carboxylic acids is 1. The Kier molecular flexibility index (Phi) is 15.6. The van der Waals surface area contributed by atoms with Crippen LogP contribution in [0.3, 0.4) is 0 Å². The van der Waals surface area contributed by atoms with E-state index in [0.717, 1.165) is 26.2 Å². The molecule has 0 rings (SSSR count). The van der Waals surface area contributed by atoms with Crippen LogP contribution in [0, 0.1) is 0 Å². The van der Waals surface area contributed by atoms with Gasteiger partial charge in [-0.3, -0.25) is 4.79 Å². The molecule has 0 aliphatic carbocycles. The fraction of sp³-hybridized carbons (Fsp3) is 0.769. The molecule has 0 aliphatic rings. The maximum atomic E-state index is 9.39. The first-order valence-electron chi connectivity index (χ1n) is 6.08. The molecule has 0 aromatic heterocycles. The minimum Gasteiger partial charge on any atom is -0.481 e. The van der Waals surface area contributed by atoms with Gasteiger partial charge < -0.3 is 10.2 Å². The van der Waals surface area contributed by atoms with Crippen molar-refractivity contribution in [3.63, 3.8) is 0 Å². The number of aliphatic hydroxyl groups excluding tert-OH is 1. The molecule has 2 N–H and O–H groups in total. The van der Waals surface area contributed by atoms with Gasteiger partial charge >= 0.3 is 0 Å². The monoisotopic (exact) mass is 230 g/mol. The Morgan fingerprint density at radius 2 is 1.81 bits per heavy atom. The van der Waals surface area contributed by atoms with Crippen molar-refractivity contribution in [3.05, 3.63) is 12.2 Å². The maximum absolute atomic E-state index is 9.39. The van der Waals surface area contributed by atoms with Crippen molar-refractivity contribution in [2.75, 3.05) is 0 Å². The Balaban J connectivity index is 0. The van der Waals surface area contributed by atoms with Crippen LogP contribution >= 0.6 is 0 Å². The van der Waals surface area contributed by atoms with Crippen molar-refractivity contribution in [2.45, 2.75) is 65.4 Å². The smallest absolute Gasteiger partial charge is 0.300 e. The van der Waals surface area contributed by atoms with Crippen molar-refractivity contribution >= 4 is 5.97 Å². The van der Waals surface area contributed by atoms with E-state index in [2.05, 4.69) is 13.8 Å². The van der Waals surface area contributed by atoms with Crippen LogP contribution in [-0.4, -0.2) is 22.3 Å². The molecule has 0 amide bonds. The minimum absolute atomic E-state index is 0.207. The fourth-order valence-corrected chi connectivity index (χ4v) is 1.17. The molecule has 0 heterocycles. The molecule has 0 saturated carbocycles. The van der Waals surface area contributed by atoms with E-state index < -0.39 is 5.97 Å². The first kappa shape index (κ1) is 17.6. The molecule has 0 aromatic carbocycles. The second kappa shape index (κ2) is 14.2. The molecule has 3 nitrogen and oxygen atoms in total. The van der Waals surface area contributed by atoms with Gasteiger partial charge in [-0.25, -0.2) is 0 Å². The molecule has 1 atom stereocenters. The van der Waals surface area contributed by atoms with Crippen LogP contribution in [0.1, 0.15) is 59.3 Å². The van der Waals surface area contributed by atoms with E-state index in [0.29, 0.717) is 0 Å². The molecule has 0 fully saturated rings. The highest BCUT2D eigenvalue weighted by atomic mass is 16.4. The number of aliphatic hydroxyl groups is 1. The van der Waals surface area contributed by atoms with Crippen LogP contribution in [0.15, 0.2) is 12.2 Å². The van der Waals surface area contributed by atoms with E-state index in [1.54, 1.807) is 0 Å². The molecule has 3 heteroatoms. The van der Waals surface area contributed by atoms with Crippen molar-refractivity contribution in [1.82, 2.24) is 0 Å². The molecule has 0 spiro atoms. The predicted molar refractivity (Wildman–Crippen MR) is 67.5 cm³/mol. The molecule has 0 saturated heterocycles. The summed E-state index contributed by atoms with van der Waals surface area (Å²) in [5, 5.41) is 16.8. The van der Waals surface area contributed by atoms with Crippen LogP contribution in [0.4, 0.5) is 0 Å². The Morgan fingerprint density at radius 1 is 1.25 bits per heavy atom. The van der Waals surface area contributed by atoms with Gasteiger partial charge in [-0.1, -0.05) is 51.7 Å². The summed E-state index contributed by atoms with van der Waals surface area (Å²) >= 11 is 0. The lowest BCUT2D eigenvalue weighted by atomic mass is 10.1. The van der Waals surface area contributed by atoms with E-state index in [1.165, 1.54) is 19.3 Å². The molecule has 96 valence electrons. The second-order valence-electron chi connectivity index (χ2n) is 3.77. The summed E-state index contributed by atoms with van der Waals surface area (Å²) in [4.78, 5) is 9.00. The average molecular weight is 230 g/mol. The summed E-state index contributed by atoms with van der Waals surface area (Å²) in [6, 6.07) is 0. The largest absolute Gasteiger partial charge is 0.481 e. The third-order valence-electron chi connectivity index (χ3n) is 1.95. The van der Waals surface area contributed by atoms with Gasteiger partial charge in [0.2, 0.25) is 0 Å². The van der Waals surface area contributed by atoms with E-state index in [4.69, 9.17) is 9.90 Å². The SMILES string of the molecule is CC(=O)O.CCC=CC(O)CCCCCC. The normalized spacial score (nSPS) is 12.0. The Bertz CT molecular complexity index is 172. The van der Waals surface area contributed by atoms with Gasteiger partial charge in [-0.2, -0.15) is 0 Å². The van der Waals surface area contributed by atoms with Gasteiger partial charge in [0.05, 0.1) is 6.10 Å². The first-order valence-corrected chi connectivity index (χ1v) is 6.08. The van der Waals surface area contributed by atoms with E-state index in [1.807, 2.05) is 12.2 Å². The Labute approximate surface area is 99.2 Å². The van der Waals surface area contributed by atoms with Crippen LogP contribution in [0.5, 0.6) is 0 Å². The third kappa shape index (κ3) is 23.2. The van der Waals surface area contributed by atoms with E-state index >= 15 is 0 Å². The van der Waals surface area contributed by atoms with Gasteiger partial charge in [-0.05, 0) is 12.8 Å². The highest BCUT2D eigenvalue weighted by molar-refractivity contribution is 5.62. The fourth-order valence-electron chi connectivity index (χ4n) is 1.17. The number of hydrogen-bond acceptors (Lipinski definition) is 2. The summed E-state index contributed by atoms with van der Waals surface area (Å²) in [6.07, 6.45) is 10.7. The molecule has 0 radical (unpaired) electrons. The maximum Gasteiger partial charge on any atom is 0.300 e. The highest BCUT2D eigenvalue weighted by Crippen LogP contribution is 2.06. The predicted octanol–water partition coefficient (Wildman–Crippen LogP) is 3.37. The lowest BCUT2D eigenvalue weighted by molar-refractivity contribution is -0.134. The third-order valence-corrected chi connectivity index (χ3v) is 1.95. The lowest BCUT2D eigenvalue weighted by Gasteiger charge is -2.03. The Hall–Kier alpha value is -0.830. The van der Waals surface area contributed by atoms with Gasteiger partial charge in [0.1, 0.15) is 0 Å². The number of hydrogen-bond donors (Lipinski definition) is 2. The van der Waals surface area contributed by atoms with Crippen LogP contribution in [-0.2, 0) is 4.79 Å². The van der Waals surface area contributed by atoms with Crippen molar-refractivity contribution in [3.8, 4) is 0 Å². The van der Waals surface area contributed by atoms with Gasteiger partial charge in [-0.15, -0.1) is 0 Å². The first-order chi connectivity index (χ1) is 7.54. The van der Waals surface area contributed by atoms with Crippen molar-refractivity contribution in [1.29, 1.82) is 0 Å². The van der Waals surface area contributed by atoms with Crippen LogP contribution < -0.4 is 0 Å². The topological polar surface area (TPSA) is 57.5 Å². The average Bonchev–Trinajstić information content (AvgIpc) is 2.20. The van der Waals surface area contributed by atoms with Crippen LogP contribution in [0.2, 0.25) is 0 Å². The lowest BCUT2D eigenvalue weighted by Crippen LogP contribution is -2.01. The second-order valence-corrected chi connectivity index (χ2v) is 3.77. The van der Waals surface area contributed by atoms with E-state index in [9.17, 15) is 5.11 Å². The Morgan fingerprint density at radius 3 is 2.25 bits per heavy atom. The number of unbranched alkanes of at least 4 members (excludes halogenated alkanes) is 3. The molecule has 1 unspecified atom stereocenters. The summed E-state index contributed by atoms with van der Waals surface area (Å²) < 4.78 is 0. The quantitative estimate of drug-likeness (QED) is 0.520. The summed E-state index contributed by atoms with van der Waals surface area (Å²) in [6.45, 7) is 5.37. The molecule has 0 aromatic rings. The number of carbonyl (C=O) groups is 1. The summed E-state index contributed by atoms with van der Waals surface area (Å²) in [7, 11) is 0. The zero-order valence-electron chi connectivity index (χ0n) is 10.8. The number of rotatable bonds is 7. The molecule has 0 bridgehead atoms. The van der Waals surface area contributed by atoms with Gasteiger partial charge in [0.15, 0.2) is 0 Å².